The summed E-state index contributed by atoms with van der Waals surface area (Å²) in [6, 6.07) is 0. The van der Waals surface area contributed by atoms with E-state index in [0.29, 0.717) is 13.0 Å². The van der Waals surface area contributed by atoms with Gasteiger partial charge in [-0.3, -0.25) is 14.6 Å². The highest BCUT2D eigenvalue weighted by atomic mass is 16.5. The normalized spacial score (nSPS) is 19.0. The van der Waals surface area contributed by atoms with E-state index in [2.05, 4.69) is 14.5 Å². The van der Waals surface area contributed by atoms with Crippen LogP contribution in [-0.2, 0) is 19.1 Å². The summed E-state index contributed by atoms with van der Waals surface area (Å²) in [5.74, 6) is -1.08. The van der Waals surface area contributed by atoms with Crippen LogP contribution in [-0.4, -0.2) is 38.4 Å². The number of carbonyl (C=O) groups is 2. The number of ether oxygens (including phenoxy) is 2. The number of hydrogen-bond donors (Lipinski definition) is 0. The Balaban J connectivity index is 3.02. The van der Waals surface area contributed by atoms with Gasteiger partial charge in [0.25, 0.3) is 0 Å². The van der Waals surface area contributed by atoms with Crippen LogP contribution in [0.1, 0.15) is 19.8 Å². The Bertz CT molecular complexity index is 293. The fourth-order valence-corrected chi connectivity index (χ4v) is 1.84. The van der Waals surface area contributed by atoms with Crippen LogP contribution in [0.3, 0.4) is 0 Å². The SMILES string of the molecule is COC(=O)C1(C(=O)OC)CCN=C(C)C1. The molecular formula is C10H15NO4. The second-order valence-corrected chi connectivity index (χ2v) is 3.61. The minimum atomic E-state index is -1.19. The zero-order valence-corrected chi connectivity index (χ0v) is 9.20. The third kappa shape index (κ3) is 2.00. The Morgan fingerprint density at radius 1 is 1.27 bits per heavy atom. The van der Waals surface area contributed by atoms with Crippen LogP contribution in [0.5, 0.6) is 0 Å². The molecule has 15 heavy (non-hydrogen) atoms. The predicted molar refractivity (Wildman–Crippen MR) is 53.7 cm³/mol. The summed E-state index contributed by atoms with van der Waals surface area (Å²) in [5.41, 5.74) is -0.410. The maximum atomic E-state index is 11.7. The molecule has 0 aromatic rings. The molecule has 0 radical (unpaired) electrons. The van der Waals surface area contributed by atoms with E-state index in [1.165, 1.54) is 14.2 Å². The molecule has 0 aromatic heterocycles. The molecule has 0 fully saturated rings. The molecule has 0 saturated carbocycles. The van der Waals surface area contributed by atoms with E-state index in [4.69, 9.17) is 0 Å². The van der Waals surface area contributed by atoms with Crippen LogP contribution < -0.4 is 0 Å². The third-order valence-corrected chi connectivity index (χ3v) is 2.63. The summed E-state index contributed by atoms with van der Waals surface area (Å²) in [6.45, 7) is 2.25. The molecule has 0 amide bonds. The number of nitrogens with zero attached hydrogens (tertiary/aromatic N) is 1. The van der Waals surface area contributed by atoms with E-state index in [1.54, 1.807) is 6.92 Å². The van der Waals surface area contributed by atoms with Crippen molar-refractivity contribution in [2.24, 2.45) is 10.4 Å². The maximum absolute atomic E-state index is 11.7. The topological polar surface area (TPSA) is 65.0 Å². The number of rotatable bonds is 2. The molecule has 0 aromatic carbocycles. The number of aliphatic imine (C=N–C) groups is 1. The Kier molecular flexibility index (Phi) is 3.44. The van der Waals surface area contributed by atoms with Crippen molar-refractivity contribution >= 4 is 17.7 Å². The Morgan fingerprint density at radius 2 is 1.80 bits per heavy atom. The van der Waals surface area contributed by atoms with Gasteiger partial charge in [-0.2, -0.15) is 0 Å². The van der Waals surface area contributed by atoms with Gasteiger partial charge < -0.3 is 9.47 Å². The largest absolute Gasteiger partial charge is 0.468 e. The van der Waals surface area contributed by atoms with Crippen LogP contribution in [0.2, 0.25) is 0 Å². The highest BCUT2D eigenvalue weighted by Gasteiger charge is 2.49. The van der Waals surface area contributed by atoms with E-state index >= 15 is 0 Å². The zero-order valence-electron chi connectivity index (χ0n) is 9.20. The molecule has 0 bridgehead atoms. The molecule has 1 aliphatic rings. The lowest BCUT2D eigenvalue weighted by molar-refractivity contribution is -0.169. The van der Waals surface area contributed by atoms with E-state index in [0.717, 1.165) is 5.71 Å². The lowest BCUT2D eigenvalue weighted by atomic mass is 9.78. The monoisotopic (exact) mass is 213 g/mol. The van der Waals surface area contributed by atoms with Gasteiger partial charge in [0.05, 0.1) is 14.2 Å². The molecule has 5 heteroatoms. The molecule has 1 heterocycles. The van der Waals surface area contributed by atoms with Crippen molar-refractivity contribution in [3.63, 3.8) is 0 Å². The van der Waals surface area contributed by atoms with E-state index in [-0.39, 0.29) is 6.42 Å². The number of hydrogen-bond acceptors (Lipinski definition) is 5. The molecular weight excluding hydrogens is 198 g/mol. The van der Waals surface area contributed by atoms with Gasteiger partial charge in [-0.25, -0.2) is 0 Å². The summed E-state index contributed by atoms with van der Waals surface area (Å²) in [5, 5.41) is 0. The highest BCUT2D eigenvalue weighted by Crippen LogP contribution is 2.33. The van der Waals surface area contributed by atoms with Crippen LogP contribution in [0.4, 0.5) is 0 Å². The molecule has 1 rings (SSSR count). The van der Waals surface area contributed by atoms with Gasteiger partial charge in [0.15, 0.2) is 5.41 Å². The maximum Gasteiger partial charge on any atom is 0.323 e. The first-order chi connectivity index (χ1) is 7.06. The summed E-state index contributed by atoms with van der Waals surface area (Å²) in [7, 11) is 2.54. The number of carbonyl (C=O) groups excluding carboxylic acids is 2. The molecule has 84 valence electrons. The van der Waals surface area contributed by atoms with Crippen molar-refractivity contribution in [3.8, 4) is 0 Å². The van der Waals surface area contributed by atoms with Crippen molar-refractivity contribution in [1.29, 1.82) is 0 Å². The van der Waals surface area contributed by atoms with Crippen LogP contribution in [0.25, 0.3) is 0 Å². The highest BCUT2D eigenvalue weighted by molar-refractivity contribution is 6.05. The summed E-state index contributed by atoms with van der Waals surface area (Å²) in [6.07, 6.45) is 0.635. The van der Waals surface area contributed by atoms with E-state index < -0.39 is 17.4 Å². The van der Waals surface area contributed by atoms with Crippen molar-refractivity contribution < 1.29 is 19.1 Å². The van der Waals surface area contributed by atoms with Gasteiger partial charge in [0.1, 0.15) is 0 Å². The zero-order chi connectivity index (χ0) is 11.5. The van der Waals surface area contributed by atoms with Crippen molar-refractivity contribution in [1.82, 2.24) is 0 Å². The second kappa shape index (κ2) is 4.42. The number of methoxy groups -OCH3 is 2. The molecule has 1 aliphatic heterocycles. The van der Waals surface area contributed by atoms with Crippen LogP contribution >= 0.6 is 0 Å². The fourth-order valence-electron chi connectivity index (χ4n) is 1.84. The first-order valence-electron chi connectivity index (χ1n) is 4.73. The quantitative estimate of drug-likeness (QED) is 0.497. The van der Waals surface area contributed by atoms with Gasteiger partial charge in [0.2, 0.25) is 0 Å². The van der Waals surface area contributed by atoms with Crippen LogP contribution in [0, 0.1) is 5.41 Å². The molecule has 0 N–H and O–H groups in total. The van der Waals surface area contributed by atoms with Gasteiger partial charge in [-0.05, 0) is 13.3 Å². The average molecular weight is 213 g/mol. The van der Waals surface area contributed by atoms with Crippen molar-refractivity contribution in [3.05, 3.63) is 0 Å². The lowest BCUT2D eigenvalue weighted by Crippen LogP contribution is -2.45. The molecule has 0 spiro atoms. The summed E-state index contributed by atoms with van der Waals surface area (Å²) < 4.78 is 9.34. The molecule has 0 aliphatic carbocycles. The fraction of sp³-hybridized carbons (Fsp3) is 0.700. The minimum absolute atomic E-state index is 0.284. The van der Waals surface area contributed by atoms with E-state index in [9.17, 15) is 9.59 Å². The first-order valence-corrected chi connectivity index (χ1v) is 4.73. The average Bonchev–Trinajstić information content (AvgIpc) is 2.26. The first kappa shape index (κ1) is 11.7. The minimum Gasteiger partial charge on any atom is -0.468 e. The van der Waals surface area contributed by atoms with Gasteiger partial charge >= 0.3 is 11.9 Å². The standard InChI is InChI=1S/C10H15NO4/c1-7-6-10(4-5-11-7,8(12)14-2)9(13)15-3/h4-6H2,1-3H3. The van der Waals surface area contributed by atoms with Gasteiger partial charge in [0, 0.05) is 18.7 Å². The second-order valence-electron chi connectivity index (χ2n) is 3.61. The Hall–Kier alpha value is -1.39. The van der Waals surface area contributed by atoms with Gasteiger partial charge in [-0.15, -0.1) is 0 Å². The van der Waals surface area contributed by atoms with Crippen molar-refractivity contribution in [2.75, 3.05) is 20.8 Å². The molecule has 5 nitrogen and oxygen atoms in total. The molecule has 0 unspecified atom stereocenters. The van der Waals surface area contributed by atoms with Crippen molar-refractivity contribution in [2.45, 2.75) is 19.8 Å². The lowest BCUT2D eigenvalue weighted by Gasteiger charge is -2.30. The molecule has 0 atom stereocenters. The smallest absolute Gasteiger partial charge is 0.323 e. The third-order valence-electron chi connectivity index (χ3n) is 2.63. The Morgan fingerprint density at radius 3 is 2.20 bits per heavy atom. The van der Waals surface area contributed by atoms with Crippen LogP contribution in [0.15, 0.2) is 4.99 Å². The summed E-state index contributed by atoms with van der Waals surface area (Å²) in [4.78, 5) is 27.5. The molecule has 0 saturated heterocycles. The predicted octanol–water partition coefficient (Wildman–Crippen LogP) is 0.573. The summed E-state index contributed by atoms with van der Waals surface area (Å²) >= 11 is 0. The Labute approximate surface area is 88.5 Å². The van der Waals surface area contributed by atoms with E-state index in [1.807, 2.05) is 0 Å². The van der Waals surface area contributed by atoms with Gasteiger partial charge in [-0.1, -0.05) is 0 Å². The number of esters is 2.